The summed E-state index contributed by atoms with van der Waals surface area (Å²) in [6.45, 7) is 16.8. The molecular weight excluding hydrogens is 675 g/mol. The number of carbonyl (C=O) groups excluding carboxylic acids is 5. The van der Waals surface area contributed by atoms with Crippen LogP contribution in [0.5, 0.6) is 0 Å². The van der Waals surface area contributed by atoms with Crippen LogP contribution in [0.25, 0.3) is 0 Å². The summed E-state index contributed by atoms with van der Waals surface area (Å²) in [5, 5.41) is 11.2. The summed E-state index contributed by atoms with van der Waals surface area (Å²) in [6.07, 6.45) is 7.05. The van der Waals surface area contributed by atoms with Gasteiger partial charge in [-0.1, -0.05) is 72.8 Å². The molecule has 288 valence electrons. The van der Waals surface area contributed by atoms with Crippen LogP contribution in [-0.2, 0) is 33.8 Å². The highest BCUT2D eigenvalue weighted by molar-refractivity contribution is 7.92. The predicted octanol–water partition coefficient (Wildman–Crippen LogP) is 2.88. The van der Waals surface area contributed by atoms with E-state index in [4.69, 9.17) is 4.74 Å². The second-order valence-corrected chi connectivity index (χ2v) is 20.3. The minimum atomic E-state index is -3.71. The molecule has 4 rings (SSSR count). The first-order chi connectivity index (χ1) is 23.6. The lowest BCUT2D eigenvalue weighted by Crippen LogP contribution is -2.64. The number of nitrogens with zero attached hydrogens (tertiary/aromatic N) is 1. The number of fused-ring (bicyclic) bond motifs is 1. The van der Waals surface area contributed by atoms with Crippen molar-refractivity contribution in [2.24, 2.45) is 28.6 Å². The number of ether oxygens (including phenoxy) is 1. The van der Waals surface area contributed by atoms with E-state index in [-0.39, 0.29) is 42.1 Å². The zero-order chi connectivity index (χ0) is 38.2. The number of hydrogen-bond donors (Lipinski definition) is 4. The number of likely N-dealkylation sites (tertiary alicyclic amines) is 1. The van der Waals surface area contributed by atoms with Crippen molar-refractivity contribution in [2.45, 2.75) is 128 Å². The van der Waals surface area contributed by atoms with Crippen molar-refractivity contribution in [1.29, 1.82) is 0 Å². The molecule has 0 aromatic carbocycles. The van der Waals surface area contributed by atoms with Gasteiger partial charge in [0.05, 0.1) is 28.7 Å². The van der Waals surface area contributed by atoms with Gasteiger partial charge in [-0.05, 0) is 61.7 Å². The van der Waals surface area contributed by atoms with Crippen molar-refractivity contribution >= 4 is 39.4 Å². The van der Waals surface area contributed by atoms with Crippen LogP contribution in [0, 0.1) is 28.6 Å². The molecule has 13 nitrogen and oxygen atoms in total. The zero-order valence-corrected chi connectivity index (χ0v) is 32.7. The highest BCUT2D eigenvalue weighted by atomic mass is 32.2. The van der Waals surface area contributed by atoms with Crippen LogP contribution in [-0.4, -0.2) is 104 Å². The molecule has 14 heteroatoms. The molecule has 0 unspecified atom stereocenters. The fourth-order valence-electron chi connectivity index (χ4n) is 8.15. The van der Waals surface area contributed by atoms with Gasteiger partial charge in [-0.2, -0.15) is 0 Å². The molecule has 3 saturated carbocycles. The smallest absolute Gasteiger partial charge is 0.315 e. The van der Waals surface area contributed by atoms with Gasteiger partial charge >= 0.3 is 6.03 Å². The standard InChI is InChI=1S/C37H61N5O8S/c1-10-18-38-31(45)28(43)25(19-23-14-15-23)39-30(44)27-26-24(36(26,7)8)20-42(27)32(46)29(34(2,3)4)40-33(47)41-37(16-12-11-13-17-37)22-51(48,49)35(5,6)21-50-9/h10,23-27,29H,1,11-22H2,2-9H3,(H,38,45)(H,39,44)(H2,40,41,47)/t24-,25-,26-,27-,29+/m0/s1. The molecule has 1 heterocycles. The van der Waals surface area contributed by atoms with Gasteiger partial charge in [0.2, 0.25) is 17.6 Å². The Labute approximate surface area is 304 Å². The van der Waals surface area contributed by atoms with Crippen molar-refractivity contribution in [2.75, 3.05) is 32.6 Å². The van der Waals surface area contributed by atoms with E-state index in [1.807, 2.05) is 20.8 Å². The summed E-state index contributed by atoms with van der Waals surface area (Å²) in [6, 6.07) is -3.61. The maximum Gasteiger partial charge on any atom is 0.315 e. The number of hydrogen-bond acceptors (Lipinski definition) is 8. The van der Waals surface area contributed by atoms with Crippen LogP contribution in [0.2, 0.25) is 0 Å². The van der Waals surface area contributed by atoms with Crippen LogP contribution in [0.4, 0.5) is 4.79 Å². The summed E-state index contributed by atoms with van der Waals surface area (Å²) in [5.41, 5.74) is -2.01. The lowest BCUT2D eigenvalue weighted by Gasteiger charge is -2.41. The van der Waals surface area contributed by atoms with E-state index in [2.05, 4.69) is 41.7 Å². The molecule has 0 spiro atoms. The SMILES string of the molecule is C=CCNC(=O)C(=O)[C@H](CC1CC1)NC(=O)[C@@H]1[C@@H]2[C@H](CN1C(=O)[C@@H](NC(=O)NC1(CS(=O)(=O)C(C)(C)COC)CCCCC1)C(C)(C)C)C2(C)C. The van der Waals surface area contributed by atoms with E-state index < -0.39 is 73.2 Å². The van der Waals surface area contributed by atoms with Crippen molar-refractivity contribution in [3.8, 4) is 0 Å². The third kappa shape index (κ3) is 9.15. The Balaban J connectivity index is 1.55. The number of piperidine rings is 1. The molecule has 1 saturated heterocycles. The number of methoxy groups -OCH3 is 1. The van der Waals surface area contributed by atoms with E-state index in [0.29, 0.717) is 25.8 Å². The van der Waals surface area contributed by atoms with Crippen LogP contribution in [0.3, 0.4) is 0 Å². The van der Waals surface area contributed by atoms with E-state index in [9.17, 15) is 32.4 Å². The molecule has 5 amide bonds. The first kappa shape index (κ1) is 40.8. The van der Waals surface area contributed by atoms with E-state index in [1.54, 1.807) is 13.8 Å². The van der Waals surface area contributed by atoms with Gasteiger partial charge in [0.15, 0.2) is 9.84 Å². The Kier molecular flexibility index (Phi) is 12.1. The van der Waals surface area contributed by atoms with Gasteiger partial charge in [0.1, 0.15) is 12.1 Å². The molecule has 51 heavy (non-hydrogen) atoms. The average Bonchev–Trinajstić information content (AvgIpc) is 3.88. The molecule has 4 fully saturated rings. The predicted molar refractivity (Wildman–Crippen MR) is 194 cm³/mol. The van der Waals surface area contributed by atoms with Crippen molar-refractivity contribution < 1.29 is 37.1 Å². The number of amides is 5. The van der Waals surface area contributed by atoms with Crippen LogP contribution < -0.4 is 21.3 Å². The third-order valence-electron chi connectivity index (χ3n) is 11.7. The average molecular weight is 736 g/mol. The number of nitrogens with one attached hydrogen (secondary N) is 4. The minimum absolute atomic E-state index is 0.0135. The van der Waals surface area contributed by atoms with Gasteiger partial charge in [0, 0.05) is 20.2 Å². The topological polar surface area (TPSA) is 180 Å². The molecule has 4 aliphatic rings. The van der Waals surface area contributed by atoms with Crippen molar-refractivity contribution in [3.05, 3.63) is 12.7 Å². The van der Waals surface area contributed by atoms with Crippen LogP contribution in [0.15, 0.2) is 12.7 Å². The van der Waals surface area contributed by atoms with Gasteiger partial charge in [-0.15, -0.1) is 6.58 Å². The highest BCUT2D eigenvalue weighted by Gasteiger charge is 2.70. The first-order valence-corrected chi connectivity index (χ1v) is 20.1. The maximum atomic E-state index is 14.5. The van der Waals surface area contributed by atoms with E-state index >= 15 is 0 Å². The van der Waals surface area contributed by atoms with Gasteiger partial charge < -0.3 is 30.9 Å². The largest absolute Gasteiger partial charge is 0.383 e. The third-order valence-corrected chi connectivity index (χ3v) is 14.4. The molecule has 1 aliphatic heterocycles. The van der Waals surface area contributed by atoms with E-state index in [1.165, 1.54) is 18.1 Å². The molecule has 4 N–H and O–H groups in total. The zero-order valence-electron chi connectivity index (χ0n) is 31.9. The molecule has 3 aliphatic carbocycles. The number of ketones is 1. The Morgan fingerprint density at radius 1 is 1.00 bits per heavy atom. The second kappa shape index (κ2) is 15.2. The number of carbonyl (C=O) groups is 5. The summed E-state index contributed by atoms with van der Waals surface area (Å²) >= 11 is 0. The summed E-state index contributed by atoms with van der Waals surface area (Å²) in [4.78, 5) is 69.8. The van der Waals surface area contributed by atoms with E-state index in [0.717, 1.165) is 32.1 Å². The summed E-state index contributed by atoms with van der Waals surface area (Å²) in [5.74, 6) is -2.57. The molecular formula is C37H61N5O8S. The van der Waals surface area contributed by atoms with Crippen molar-refractivity contribution in [1.82, 2.24) is 26.2 Å². The Hall–Kier alpha value is -3.00. The van der Waals surface area contributed by atoms with Gasteiger partial charge in [-0.3, -0.25) is 19.2 Å². The Morgan fingerprint density at radius 3 is 2.18 bits per heavy atom. The monoisotopic (exact) mass is 735 g/mol. The highest BCUT2D eigenvalue weighted by Crippen LogP contribution is 2.65. The molecule has 0 aromatic heterocycles. The van der Waals surface area contributed by atoms with Crippen molar-refractivity contribution in [3.63, 3.8) is 0 Å². The number of rotatable bonds is 16. The lowest BCUT2D eigenvalue weighted by atomic mass is 9.83. The summed E-state index contributed by atoms with van der Waals surface area (Å²) in [7, 11) is -2.26. The fraction of sp³-hybridized carbons (Fsp3) is 0.811. The number of sulfone groups is 1. The van der Waals surface area contributed by atoms with Gasteiger partial charge in [-0.25, -0.2) is 13.2 Å². The number of Topliss-reactive ketones (excluding diaryl/α,β-unsaturated/α-hetero) is 1. The molecule has 5 atom stereocenters. The maximum absolute atomic E-state index is 14.5. The fourth-order valence-corrected chi connectivity index (χ4v) is 9.93. The number of urea groups is 1. The normalized spacial score (nSPS) is 25.1. The van der Waals surface area contributed by atoms with Gasteiger partial charge in [0.25, 0.3) is 5.91 Å². The van der Waals surface area contributed by atoms with Crippen LogP contribution >= 0.6 is 0 Å². The van der Waals surface area contributed by atoms with Crippen LogP contribution in [0.1, 0.15) is 99.8 Å². The minimum Gasteiger partial charge on any atom is -0.383 e. The summed E-state index contributed by atoms with van der Waals surface area (Å²) < 4.78 is 31.3. The molecule has 0 bridgehead atoms. The molecule has 0 aromatic rings. The first-order valence-electron chi connectivity index (χ1n) is 18.4. The Bertz CT molecular complexity index is 1480. The quantitative estimate of drug-likeness (QED) is 0.138. The Morgan fingerprint density at radius 2 is 1.63 bits per heavy atom. The molecule has 0 radical (unpaired) electrons. The second-order valence-electron chi connectivity index (χ2n) is 17.7. The lowest BCUT2D eigenvalue weighted by molar-refractivity contribution is -0.145.